The molecule has 1 N–H and O–H groups in total. The van der Waals surface area contributed by atoms with Gasteiger partial charge in [-0.05, 0) is 55.0 Å². The second kappa shape index (κ2) is 6.20. The molecule has 0 aromatic heterocycles. The number of rotatable bonds is 3. The van der Waals surface area contributed by atoms with E-state index < -0.39 is 11.7 Å². The molecule has 1 rings (SSSR count). The van der Waals surface area contributed by atoms with Gasteiger partial charge in [0.2, 0.25) is 0 Å². The molecule has 0 fully saturated rings. The molecule has 0 spiro atoms. The molecule has 4 nitrogen and oxygen atoms in total. The average molecular weight is 349 g/mol. The van der Waals surface area contributed by atoms with Crippen LogP contribution in [0.4, 0.5) is 4.79 Å². The zero-order chi connectivity index (χ0) is 12.9. The molecule has 1 amide bonds. The van der Waals surface area contributed by atoms with Gasteiger partial charge in [-0.2, -0.15) is 5.48 Å². The Labute approximate surface area is 115 Å². The summed E-state index contributed by atoms with van der Waals surface area (Å²) >= 11 is 2.22. The van der Waals surface area contributed by atoms with E-state index in [0.717, 1.165) is 9.13 Å². The second-order valence-electron chi connectivity index (χ2n) is 4.48. The first-order valence-corrected chi connectivity index (χ1v) is 6.30. The van der Waals surface area contributed by atoms with Crippen molar-refractivity contribution in [1.29, 1.82) is 0 Å². The number of hydroxylamine groups is 1. The summed E-state index contributed by atoms with van der Waals surface area (Å²) in [5, 5.41) is 0. The largest absolute Gasteiger partial charge is 0.442 e. The summed E-state index contributed by atoms with van der Waals surface area (Å²) in [5.74, 6) is 0. The van der Waals surface area contributed by atoms with Gasteiger partial charge in [0.15, 0.2) is 0 Å². The predicted octanol–water partition coefficient (Wildman–Crippen LogP) is 3.25. The molecular weight excluding hydrogens is 333 g/mol. The third-order valence-corrected chi connectivity index (χ3v) is 2.79. The van der Waals surface area contributed by atoms with Crippen LogP contribution in [0.15, 0.2) is 24.3 Å². The van der Waals surface area contributed by atoms with Gasteiger partial charge >= 0.3 is 6.09 Å². The Balaban J connectivity index is 2.34. The van der Waals surface area contributed by atoms with Crippen molar-refractivity contribution < 1.29 is 14.4 Å². The molecule has 0 saturated heterocycles. The van der Waals surface area contributed by atoms with E-state index in [-0.39, 0.29) is 0 Å². The number of nitrogens with one attached hydrogen (secondary N) is 1. The fourth-order valence-corrected chi connectivity index (χ4v) is 1.63. The van der Waals surface area contributed by atoms with E-state index in [9.17, 15) is 4.79 Å². The molecule has 0 atom stereocenters. The van der Waals surface area contributed by atoms with Crippen molar-refractivity contribution in [1.82, 2.24) is 5.48 Å². The molecule has 0 radical (unpaired) electrons. The normalized spacial score (nSPS) is 11.1. The van der Waals surface area contributed by atoms with E-state index >= 15 is 0 Å². The van der Waals surface area contributed by atoms with Crippen molar-refractivity contribution in [3.05, 3.63) is 33.4 Å². The fraction of sp³-hybridized carbons (Fsp3) is 0.417. The third-order valence-electron chi connectivity index (χ3n) is 1.74. The van der Waals surface area contributed by atoms with Gasteiger partial charge in [0.1, 0.15) is 12.2 Å². The second-order valence-corrected chi connectivity index (χ2v) is 5.65. The highest BCUT2D eigenvalue weighted by molar-refractivity contribution is 14.1. The Bertz CT molecular complexity index is 388. The first-order chi connectivity index (χ1) is 7.88. The average Bonchev–Trinajstić information content (AvgIpc) is 2.18. The van der Waals surface area contributed by atoms with E-state index in [0.29, 0.717) is 6.61 Å². The van der Waals surface area contributed by atoms with Crippen LogP contribution >= 0.6 is 22.6 Å². The smallest absolute Gasteiger partial charge is 0.431 e. The van der Waals surface area contributed by atoms with E-state index in [1.54, 1.807) is 20.8 Å². The number of benzene rings is 1. The number of carbonyl (C=O) groups is 1. The van der Waals surface area contributed by atoms with Crippen LogP contribution in [0.3, 0.4) is 0 Å². The lowest BCUT2D eigenvalue weighted by Crippen LogP contribution is -2.32. The first-order valence-electron chi connectivity index (χ1n) is 5.23. The summed E-state index contributed by atoms with van der Waals surface area (Å²) in [6, 6.07) is 7.80. The lowest BCUT2D eigenvalue weighted by atomic mass is 10.2. The first kappa shape index (κ1) is 14.2. The highest BCUT2D eigenvalue weighted by Crippen LogP contribution is 2.12. The van der Waals surface area contributed by atoms with Crippen molar-refractivity contribution in [3.63, 3.8) is 0 Å². The van der Waals surface area contributed by atoms with Crippen molar-refractivity contribution in [2.75, 3.05) is 0 Å². The summed E-state index contributed by atoms with van der Waals surface area (Å²) in [6.07, 6.45) is -0.580. The van der Waals surface area contributed by atoms with E-state index in [4.69, 9.17) is 9.57 Å². The summed E-state index contributed by atoms with van der Waals surface area (Å²) in [7, 11) is 0. The quantitative estimate of drug-likeness (QED) is 0.673. The molecule has 0 aliphatic carbocycles. The van der Waals surface area contributed by atoms with Crippen molar-refractivity contribution in [2.24, 2.45) is 0 Å². The monoisotopic (exact) mass is 349 g/mol. The zero-order valence-electron chi connectivity index (χ0n) is 10.1. The zero-order valence-corrected chi connectivity index (χ0v) is 12.3. The molecule has 0 aliphatic rings. The molecule has 1 aromatic carbocycles. The molecule has 0 unspecified atom stereocenters. The molecule has 94 valence electrons. The molecule has 0 heterocycles. The van der Waals surface area contributed by atoms with Gasteiger partial charge in [-0.25, -0.2) is 4.79 Å². The Morgan fingerprint density at radius 3 is 2.59 bits per heavy atom. The minimum Gasteiger partial charge on any atom is -0.442 e. The predicted molar refractivity (Wildman–Crippen MR) is 73.3 cm³/mol. The Hall–Kier alpha value is -0.820. The van der Waals surface area contributed by atoms with E-state index in [1.165, 1.54) is 0 Å². The summed E-state index contributed by atoms with van der Waals surface area (Å²) in [6.45, 7) is 5.71. The highest BCUT2D eigenvalue weighted by atomic mass is 127. The van der Waals surface area contributed by atoms with Gasteiger partial charge in [0, 0.05) is 3.57 Å². The number of hydrogen-bond donors (Lipinski definition) is 1. The number of halogens is 1. The number of hydrogen-bond acceptors (Lipinski definition) is 3. The van der Waals surface area contributed by atoms with E-state index in [1.807, 2.05) is 24.3 Å². The van der Waals surface area contributed by atoms with Crippen molar-refractivity contribution in [3.8, 4) is 0 Å². The standard InChI is InChI=1S/C12H16INO3/c1-12(2,3)17-11(15)14-16-8-9-6-4-5-7-10(9)13/h4-7H,8H2,1-3H3,(H,14,15). The molecule has 0 saturated carbocycles. The Morgan fingerprint density at radius 2 is 2.00 bits per heavy atom. The molecule has 0 bridgehead atoms. The fourth-order valence-electron chi connectivity index (χ4n) is 1.09. The summed E-state index contributed by atoms with van der Waals surface area (Å²) in [5.41, 5.74) is 2.75. The molecule has 1 aromatic rings. The number of carbonyl (C=O) groups excluding carboxylic acids is 1. The SMILES string of the molecule is CC(C)(C)OC(=O)NOCc1ccccc1I. The molecule has 0 aliphatic heterocycles. The lowest BCUT2D eigenvalue weighted by Gasteiger charge is -2.19. The summed E-state index contributed by atoms with van der Waals surface area (Å²) in [4.78, 5) is 16.4. The van der Waals surface area contributed by atoms with Crippen molar-refractivity contribution in [2.45, 2.75) is 33.0 Å². The van der Waals surface area contributed by atoms with Crippen LogP contribution in [-0.4, -0.2) is 11.7 Å². The maximum Gasteiger partial charge on any atom is 0.431 e. The Morgan fingerprint density at radius 1 is 1.35 bits per heavy atom. The van der Waals surface area contributed by atoms with Crippen LogP contribution in [0.5, 0.6) is 0 Å². The third kappa shape index (κ3) is 5.88. The number of ether oxygens (including phenoxy) is 1. The van der Waals surface area contributed by atoms with Crippen LogP contribution in [0.1, 0.15) is 26.3 Å². The highest BCUT2D eigenvalue weighted by Gasteiger charge is 2.15. The lowest BCUT2D eigenvalue weighted by molar-refractivity contribution is -0.0138. The van der Waals surface area contributed by atoms with Crippen LogP contribution in [0, 0.1) is 3.57 Å². The Kier molecular flexibility index (Phi) is 5.20. The van der Waals surface area contributed by atoms with Crippen LogP contribution in [0.2, 0.25) is 0 Å². The number of amides is 1. The maximum absolute atomic E-state index is 11.3. The summed E-state index contributed by atoms with van der Waals surface area (Å²) < 4.78 is 6.12. The maximum atomic E-state index is 11.3. The van der Waals surface area contributed by atoms with Gasteiger partial charge in [-0.15, -0.1) is 0 Å². The molecule has 5 heteroatoms. The van der Waals surface area contributed by atoms with E-state index in [2.05, 4.69) is 28.1 Å². The van der Waals surface area contributed by atoms with Gasteiger partial charge in [0.05, 0.1) is 0 Å². The molecule has 17 heavy (non-hydrogen) atoms. The van der Waals surface area contributed by atoms with Gasteiger partial charge in [-0.3, -0.25) is 4.84 Å². The molecular formula is C12H16INO3. The van der Waals surface area contributed by atoms with Crippen molar-refractivity contribution >= 4 is 28.7 Å². The van der Waals surface area contributed by atoms with Crippen LogP contribution in [0.25, 0.3) is 0 Å². The minimum absolute atomic E-state index is 0.318. The van der Waals surface area contributed by atoms with Crippen LogP contribution < -0.4 is 5.48 Å². The van der Waals surface area contributed by atoms with Gasteiger partial charge in [-0.1, -0.05) is 18.2 Å². The van der Waals surface area contributed by atoms with Gasteiger partial charge < -0.3 is 4.74 Å². The van der Waals surface area contributed by atoms with Crippen LogP contribution in [-0.2, 0) is 16.2 Å². The van der Waals surface area contributed by atoms with Gasteiger partial charge in [0.25, 0.3) is 0 Å². The topological polar surface area (TPSA) is 47.6 Å². The minimum atomic E-state index is -0.580.